The molecule has 1 heterocycles. The monoisotopic (exact) mass is 308 g/mol. The molecule has 0 unspecified atom stereocenters. The van der Waals surface area contributed by atoms with Crippen LogP contribution in [0.1, 0.15) is 22.3 Å². The molecule has 1 aliphatic heterocycles. The summed E-state index contributed by atoms with van der Waals surface area (Å²) in [5.74, 6) is 0. The molecule has 0 atom stereocenters. The lowest BCUT2D eigenvalue weighted by Gasteiger charge is -2.29. The molecule has 0 saturated carbocycles. The third-order valence-corrected chi connectivity index (χ3v) is 4.32. The first kappa shape index (κ1) is 15.8. The van der Waals surface area contributed by atoms with E-state index in [1.807, 2.05) is 6.21 Å². The molecule has 3 rings (SSSR count). The second-order valence-electron chi connectivity index (χ2n) is 6.19. The molecule has 1 saturated heterocycles. The van der Waals surface area contributed by atoms with Crippen LogP contribution in [-0.2, 0) is 4.74 Å². The highest BCUT2D eigenvalue weighted by molar-refractivity contribution is 5.85. The van der Waals surface area contributed by atoms with Crippen molar-refractivity contribution in [2.45, 2.75) is 20.8 Å². The number of morpholine rings is 1. The fourth-order valence-electron chi connectivity index (χ4n) is 2.91. The predicted molar refractivity (Wildman–Crippen MR) is 97.4 cm³/mol. The summed E-state index contributed by atoms with van der Waals surface area (Å²) in [5, 5.41) is 0. The SMILES string of the molecule is Cc1ccc(N=Cc2ccc(N3CCOCC3)cc2C)c(C)c1. The molecule has 0 aromatic heterocycles. The van der Waals surface area contributed by atoms with Crippen molar-refractivity contribution in [3.8, 4) is 0 Å². The highest BCUT2D eigenvalue weighted by atomic mass is 16.5. The van der Waals surface area contributed by atoms with Crippen LogP contribution in [-0.4, -0.2) is 32.5 Å². The van der Waals surface area contributed by atoms with Crippen molar-refractivity contribution >= 4 is 17.6 Å². The lowest BCUT2D eigenvalue weighted by molar-refractivity contribution is 0.122. The molecule has 3 heteroatoms. The molecule has 1 aliphatic rings. The van der Waals surface area contributed by atoms with E-state index in [2.05, 4.69) is 67.1 Å². The van der Waals surface area contributed by atoms with Gasteiger partial charge in [-0.15, -0.1) is 0 Å². The van der Waals surface area contributed by atoms with Crippen LogP contribution in [0.15, 0.2) is 41.4 Å². The number of rotatable bonds is 3. The Bertz CT molecular complexity index is 716. The molecule has 23 heavy (non-hydrogen) atoms. The summed E-state index contributed by atoms with van der Waals surface area (Å²) in [4.78, 5) is 7.04. The predicted octanol–water partition coefficient (Wildman–Crippen LogP) is 4.20. The van der Waals surface area contributed by atoms with Crippen LogP contribution >= 0.6 is 0 Å². The zero-order chi connectivity index (χ0) is 16.2. The number of aryl methyl sites for hydroxylation is 3. The fraction of sp³-hybridized carbons (Fsp3) is 0.350. The van der Waals surface area contributed by atoms with Gasteiger partial charge >= 0.3 is 0 Å². The first-order valence-corrected chi connectivity index (χ1v) is 8.18. The van der Waals surface area contributed by atoms with Gasteiger partial charge in [-0.3, -0.25) is 4.99 Å². The molecule has 0 spiro atoms. The van der Waals surface area contributed by atoms with Gasteiger partial charge in [0, 0.05) is 25.0 Å². The van der Waals surface area contributed by atoms with Crippen LogP contribution in [0.2, 0.25) is 0 Å². The summed E-state index contributed by atoms with van der Waals surface area (Å²) in [6.45, 7) is 9.92. The van der Waals surface area contributed by atoms with E-state index >= 15 is 0 Å². The maximum absolute atomic E-state index is 5.42. The third kappa shape index (κ3) is 3.80. The molecule has 2 aromatic carbocycles. The molecule has 0 N–H and O–H groups in total. The van der Waals surface area contributed by atoms with Crippen molar-refractivity contribution < 1.29 is 4.74 Å². The average Bonchev–Trinajstić information content (AvgIpc) is 2.56. The van der Waals surface area contributed by atoms with Crippen molar-refractivity contribution in [2.75, 3.05) is 31.2 Å². The van der Waals surface area contributed by atoms with Crippen LogP contribution in [0.5, 0.6) is 0 Å². The van der Waals surface area contributed by atoms with Gasteiger partial charge in [-0.2, -0.15) is 0 Å². The molecule has 1 fully saturated rings. The Morgan fingerprint density at radius 3 is 2.43 bits per heavy atom. The van der Waals surface area contributed by atoms with Gasteiger partial charge in [-0.05, 0) is 55.7 Å². The largest absolute Gasteiger partial charge is 0.378 e. The van der Waals surface area contributed by atoms with Gasteiger partial charge in [-0.25, -0.2) is 0 Å². The number of ether oxygens (including phenoxy) is 1. The number of nitrogens with zero attached hydrogens (tertiary/aromatic N) is 2. The Morgan fingerprint density at radius 1 is 0.957 bits per heavy atom. The molecule has 0 amide bonds. The van der Waals surface area contributed by atoms with Gasteiger partial charge in [0.25, 0.3) is 0 Å². The number of anilines is 1. The Balaban J connectivity index is 1.79. The van der Waals surface area contributed by atoms with Crippen LogP contribution in [0, 0.1) is 20.8 Å². The number of hydrogen-bond acceptors (Lipinski definition) is 3. The minimum atomic E-state index is 0.814. The smallest absolute Gasteiger partial charge is 0.0659 e. The first-order chi connectivity index (χ1) is 11.1. The van der Waals surface area contributed by atoms with Gasteiger partial charge in [0.15, 0.2) is 0 Å². The second kappa shape index (κ2) is 6.97. The van der Waals surface area contributed by atoms with Crippen molar-refractivity contribution in [1.29, 1.82) is 0 Å². The van der Waals surface area contributed by atoms with Crippen molar-refractivity contribution in [3.63, 3.8) is 0 Å². The molecule has 2 aromatic rings. The lowest BCUT2D eigenvalue weighted by atomic mass is 10.1. The van der Waals surface area contributed by atoms with Gasteiger partial charge in [-0.1, -0.05) is 23.8 Å². The van der Waals surface area contributed by atoms with E-state index in [1.165, 1.54) is 27.9 Å². The van der Waals surface area contributed by atoms with Crippen molar-refractivity contribution in [1.82, 2.24) is 0 Å². The van der Waals surface area contributed by atoms with Gasteiger partial charge in [0.2, 0.25) is 0 Å². The molecule has 0 bridgehead atoms. The van der Waals surface area contributed by atoms with Gasteiger partial charge < -0.3 is 9.64 Å². The summed E-state index contributed by atoms with van der Waals surface area (Å²) in [5.41, 5.74) is 7.21. The second-order valence-corrected chi connectivity index (χ2v) is 6.19. The summed E-state index contributed by atoms with van der Waals surface area (Å²) >= 11 is 0. The van der Waals surface area contributed by atoms with Crippen molar-refractivity contribution in [3.05, 3.63) is 58.7 Å². The Hall–Kier alpha value is -2.13. The van der Waals surface area contributed by atoms with Crippen LogP contribution in [0.25, 0.3) is 0 Å². The van der Waals surface area contributed by atoms with E-state index in [1.54, 1.807) is 0 Å². The van der Waals surface area contributed by atoms with Crippen LogP contribution in [0.4, 0.5) is 11.4 Å². The topological polar surface area (TPSA) is 24.8 Å². The summed E-state index contributed by atoms with van der Waals surface area (Å²) < 4.78 is 5.42. The molecule has 0 radical (unpaired) electrons. The number of benzene rings is 2. The molecular formula is C20H24N2O. The Labute approximate surface area is 138 Å². The zero-order valence-electron chi connectivity index (χ0n) is 14.2. The molecular weight excluding hydrogens is 284 g/mol. The maximum Gasteiger partial charge on any atom is 0.0659 e. The zero-order valence-corrected chi connectivity index (χ0v) is 14.2. The van der Waals surface area contributed by atoms with Gasteiger partial charge in [0.05, 0.1) is 18.9 Å². The quantitative estimate of drug-likeness (QED) is 0.794. The van der Waals surface area contributed by atoms with E-state index in [-0.39, 0.29) is 0 Å². The number of hydrogen-bond donors (Lipinski definition) is 0. The first-order valence-electron chi connectivity index (χ1n) is 8.18. The summed E-state index contributed by atoms with van der Waals surface area (Å²) in [7, 11) is 0. The molecule has 3 nitrogen and oxygen atoms in total. The minimum Gasteiger partial charge on any atom is -0.378 e. The summed E-state index contributed by atoms with van der Waals surface area (Å²) in [6, 6.07) is 12.9. The number of aliphatic imine (C=N–C) groups is 1. The standard InChI is InChI=1S/C20H24N2O/c1-15-4-7-20(17(3)12-15)21-14-18-5-6-19(13-16(18)2)22-8-10-23-11-9-22/h4-7,12-14H,8-11H2,1-3H3. The van der Waals surface area contributed by atoms with E-state index in [9.17, 15) is 0 Å². The fourth-order valence-corrected chi connectivity index (χ4v) is 2.91. The van der Waals surface area contributed by atoms with Crippen LogP contribution < -0.4 is 4.90 Å². The average molecular weight is 308 g/mol. The Kier molecular flexibility index (Phi) is 4.77. The van der Waals surface area contributed by atoms with E-state index in [0.29, 0.717) is 0 Å². The van der Waals surface area contributed by atoms with Crippen molar-refractivity contribution in [2.24, 2.45) is 4.99 Å². The molecule has 120 valence electrons. The summed E-state index contributed by atoms with van der Waals surface area (Å²) in [6.07, 6.45) is 1.97. The third-order valence-electron chi connectivity index (χ3n) is 4.32. The van der Waals surface area contributed by atoms with E-state index in [4.69, 9.17) is 4.74 Å². The van der Waals surface area contributed by atoms with E-state index in [0.717, 1.165) is 32.0 Å². The lowest BCUT2D eigenvalue weighted by Crippen LogP contribution is -2.36. The minimum absolute atomic E-state index is 0.814. The maximum atomic E-state index is 5.42. The highest BCUT2D eigenvalue weighted by Crippen LogP contribution is 2.22. The normalized spacial score (nSPS) is 15.3. The van der Waals surface area contributed by atoms with E-state index < -0.39 is 0 Å². The highest BCUT2D eigenvalue weighted by Gasteiger charge is 2.11. The Morgan fingerprint density at radius 2 is 1.74 bits per heavy atom. The molecule has 0 aliphatic carbocycles. The van der Waals surface area contributed by atoms with Gasteiger partial charge in [0.1, 0.15) is 0 Å². The van der Waals surface area contributed by atoms with Crippen LogP contribution in [0.3, 0.4) is 0 Å².